The lowest BCUT2D eigenvalue weighted by atomic mass is 9.94. The van der Waals surface area contributed by atoms with E-state index in [1.807, 2.05) is 36.9 Å². The highest BCUT2D eigenvalue weighted by atomic mass is 16.6. The zero-order valence-corrected chi connectivity index (χ0v) is 14.4. The summed E-state index contributed by atoms with van der Waals surface area (Å²) >= 11 is 0. The molecule has 2 amide bonds. The number of aromatic nitrogens is 1. The van der Waals surface area contributed by atoms with Crippen LogP contribution in [0.15, 0.2) is 24.4 Å². The molecule has 1 aromatic rings. The van der Waals surface area contributed by atoms with Gasteiger partial charge in [-0.15, -0.1) is 0 Å². The SMILES string of the molecule is CC(C)COC(=O)N1C[C@@H]2CC[C@H](C1)N(Cc1ccccn1)C2=O. The minimum absolute atomic E-state index is 0.0462. The predicted molar refractivity (Wildman–Crippen MR) is 89.1 cm³/mol. The van der Waals surface area contributed by atoms with E-state index in [9.17, 15) is 9.59 Å². The molecular formula is C18H25N3O3. The summed E-state index contributed by atoms with van der Waals surface area (Å²) in [5.41, 5.74) is 0.882. The van der Waals surface area contributed by atoms with Crippen LogP contribution in [0.25, 0.3) is 0 Å². The topological polar surface area (TPSA) is 62.7 Å². The first-order chi connectivity index (χ1) is 11.5. The molecule has 0 aliphatic carbocycles. The van der Waals surface area contributed by atoms with Gasteiger partial charge in [0, 0.05) is 25.3 Å². The zero-order valence-electron chi connectivity index (χ0n) is 14.4. The average molecular weight is 331 g/mol. The second kappa shape index (κ2) is 7.20. The molecule has 0 radical (unpaired) electrons. The molecule has 6 nitrogen and oxygen atoms in total. The van der Waals surface area contributed by atoms with Gasteiger partial charge >= 0.3 is 6.09 Å². The van der Waals surface area contributed by atoms with E-state index in [0.29, 0.717) is 32.2 Å². The maximum atomic E-state index is 12.8. The zero-order chi connectivity index (χ0) is 17.1. The van der Waals surface area contributed by atoms with Crippen molar-refractivity contribution in [3.63, 3.8) is 0 Å². The molecule has 4 heterocycles. The van der Waals surface area contributed by atoms with Crippen LogP contribution >= 0.6 is 0 Å². The Morgan fingerprint density at radius 3 is 2.88 bits per heavy atom. The van der Waals surface area contributed by atoms with Crippen molar-refractivity contribution in [3.05, 3.63) is 30.1 Å². The van der Waals surface area contributed by atoms with Crippen LogP contribution in [0.5, 0.6) is 0 Å². The van der Waals surface area contributed by atoms with E-state index in [0.717, 1.165) is 18.5 Å². The fourth-order valence-electron chi connectivity index (χ4n) is 3.39. The van der Waals surface area contributed by atoms with Crippen LogP contribution in [-0.2, 0) is 16.1 Å². The van der Waals surface area contributed by atoms with Gasteiger partial charge in [-0.1, -0.05) is 19.9 Å². The number of hydrogen-bond donors (Lipinski definition) is 0. The van der Waals surface area contributed by atoms with Crippen LogP contribution in [0.1, 0.15) is 32.4 Å². The third-order valence-corrected chi connectivity index (χ3v) is 4.65. The Hall–Kier alpha value is -2.11. The molecule has 0 aromatic carbocycles. The van der Waals surface area contributed by atoms with E-state index in [4.69, 9.17) is 4.74 Å². The number of hydrogen-bond acceptors (Lipinski definition) is 4. The summed E-state index contributed by atoms with van der Waals surface area (Å²) < 4.78 is 5.36. The molecule has 3 fully saturated rings. The van der Waals surface area contributed by atoms with Crippen LogP contribution < -0.4 is 0 Å². The summed E-state index contributed by atoms with van der Waals surface area (Å²) in [6, 6.07) is 5.77. The normalized spacial score (nSPS) is 23.5. The lowest BCUT2D eigenvalue weighted by Crippen LogP contribution is -2.47. The summed E-state index contributed by atoms with van der Waals surface area (Å²) in [4.78, 5) is 33.0. The lowest BCUT2D eigenvalue weighted by molar-refractivity contribution is -0.140. The fourth-order valence-corrected chi connectivity index (χ4v) is 3.39. The molecule has 3 aliphatic rings. The van der Waals surface area contributed by atoms with E-state index in [-0.39, 0.29) is 24.0 Å². The number of piperidine rings is 1. The van der Waals surface area contributed by atoms with Crippen molar-refractivity contribution in [1.82, 2.24) is 14.8 Å². The maximum Gasteiger partial charge on any atom is 0.409 e. The monoisotopic (exact) mass is 331 g/mol. The number of pyridine rings is 1. The second-order valence-electron chi connectivity index (χ2n) is 7.09. The van der Waals surface area contributed by atoms with E-state index < -0.39 is 0 Å². The van der Waals surface area contributed by atoms with Crippen LogP contribution in [0.2, 0.25) is 0 Å². The average Bonchev–Trinajstić information content (AvgIpc) is 2.86. The number of amides is 2. The lowest BCUT2D eigenvalue weighted by Gasteiger charge is -2.35. The summed E-state index contributed by atoms with van der Waals surface area (Å²) in [5, 5.41) is 0. The largest absolute Gasteiger partial charge is 0.449 e. The number of carbonyl (C=O) groups is 2. The molecule has 0 saturated carbocycles. The van der Waals surface area contributed by atoms with Crippen molar-refractivity contribution in [1.29, 1.82) is 0 Å². The van der Waals surface area contributed by atoms with Gasteiger partial charge in [0.05, 0.1) is 24.8 Å². The minimum Gasteiger partial charge on any atom is -0.449 e. The quantitative estimate of drug-likeness (QED) is 0.849. The van der Waals surface area contributed by atoms with Gasteiger partial charge in [-0.2, -0.15) is 0 Å². The first-order valence-corrected chi connectivity index (χ1v) is 8.66. The fraction of sp³-hybridized carbons (Fsp3) is 0.611. The maximum absolute atomic E-state index is 12.8. The van der Waals surface area contributed by atoms with E-state index >= 15 is 0 Å². The van der Waals surface area contributed by atoms with Gasteiger partial charge in [0.1, 0.15) is 0 Å². The van der Waals surface area contributed by atoms with Gasteiger partial charge in [0.15, 0.2) is 0 Å². The Labute approximate surface area is 142 Å². The first kappa shape index (κ1) is 16.7. The van der Waals surface area contributed by atoms with Crippen molar-refractivity contribution >= 4 is 12.0 Å². The molecule has 0 spiro atoms. The molecule has 24 heavy (non-hydrogen) atoms. The van der Waals surface area contributed by atoms with Crippen LogP contribution in [-0.4, -0.2) is 52.5 Å². The standard InChI is InChI=1S/C18H25N3O3/c1-13(2)12-24-18(23)20-9-14-6-7-16(11-20)21(17(14)22)10-15-5-3-4-8-19-15/h3-5,8,13-14,16H,6-7,9-12H2,1-2H3/t14-,16+/m0/s1. The van der Waals surface area contributed by atoms with E-state index in [1.54, 1.807) is 11.1 Å². The molecule has 0 N–H and O–H groups in total. The van der Waals surface area contributed by atoms with Gasteiger partial charge in [0.25, 0.3) is 0 Å². The Balaban J connectivity index is 1.70. The minimum atomic E-state index is -0.298. The third kappa shape index (κ3) is 3.68. The number of ether oxygens (including phenoxy) is 1. The smallest absolute Gasteiger partial charge is 0.409 e. The molecule has 130 valence electrons. The summed E-state index contributed by atoms with van der Waals surface area (Å²) in [6.45, 7) is 5.96. The molecule has 4 rings (SSSR count). The van der Waals surface area contributed by atoms with Gasteiger partial charge in [-0.05, 0) is 30.9 Å². The number of fused-ring (bicyclic) bond motifs is 4. The predicted octanol–water partition coefficient (Wildman–Crippen LogP) is 2.30. The molecule has 1 aromatic heterocycles. The van der Waals surface area contributed by atoms with Crippen LogP contribution in [0.4, 0.5) is 4.79 Å². The van der Waals surface area contributed by atoms with Gasteiger partial charge < -0.3 is 14.5 Å². The van der Waals surface area contributed by atoms with Crippen molar-refractivity contribution in [2.45, 2.75) is 39.3 Å². The highest BCUT2D eigenvalue weighted by Crippen LogP contribution is 2.30. The summed E-state index contributed by atoms with van der Waals surface area (Å²) in [5.74, 6) is 0.315. The summed E-state index contributed by atoms with van der Waals surface area (Å²) in [6.07, 6.45) is 3.21. The molecule has 2 atom stereocenters. The van der Waals surface area contributed by atoms with Crippen molar-refractivity contribution < 1.29 is 14.3 Å². The van der Waals surface area contributed by atoms with Crippen LogP contribution in [0, 0.1) is 11.8 Å². The Bertz CT molecular complexity index is 590. The highest BCUT2D eigenvalue weighted by Gasteiger charge is 2.42. The third-order valence-electron chi connectivity index (χ3n) is 4.65. The highest BCUT2D eigenvalue weighted by molar-refractivity contribution is 5.81. The molecule has 2 bridgehead atoms. The molecule has 3 saturated heterocycles. The van der Waals surface area contributed by atoms with Crippen molar-refractivity contribution in [3.8, 4) is 0 Å². The Morgan fingerprint density at radius 1 is 1.33 bits per heavy atom. The Kier molecular flexibility index (Phi) is 5.02. The number of rotatable bonds is 4. The second-order valence-corrected chi connectivity index (χ2v) is 7.09. The van der Waals surface area contributed by atoms with Gasteiger partial charge in [-0.25, -0.2) is 4.79 Å². The van der Waals surface area contributed by atoms with Gasteiger partial charge in [-0.3, -0.25) is 9.78 Å². The number of nitrogens with zero attached hydrogens (tertiary/aromatic N) is 3. The summed E-state index contributed by atoms with van der Waals surface area (Å²) in [7, 11) is 0. The van der Waals surface area contributed by atoms with Crippen LogP contribution in [0.3, 0.4) is 0 Å². The van der Waals surface area contributed by atoms with E-state index in [2.05, 4.69) is 4.98 Å². The van der Waals surface area contributed by atoms with Crippen molar-refractivity contribution in [2.75, 3.05) is 19.7 Å². The van der Waals surface area contributed by atoms with Crippen molar-refractivity contribution in [2.24, 2.45) is 11.8 Å². The van der Waals surface area contributed by atoms with Gasteiger partial charge in [0.2, 0.25) is 5.91 Å². The Morgan fingerprint density at radius 2 is 2.17 bits per heavy atom. The first-order valence-electron chi connectivity index (χ1n) is 8.66. The molecule has 0 unspecified atom stereocenters. The molecular weight excluding hydrogens is 306 g/mol. The molecule has 6 heteroatoms. The van der Waals surface area contributed by atoms with E-state index in [1.165, 1.54) is 0 Å². The number of carbonyl (C=O) groups excluding carboxylic acids is 2. The molecule has 3 aliphatic heterocycles.